The smallest absolute Gasteiger partial charge is 0.269 e. The monoisotopic (exact) mass is 430 g/mol. The number of ether oxygens (including phenoxy) is 2. The van der Waals surface area contributed by atoms with Gasteiger partial charge in [-0.15, -0.1) is 0 Å². The molecule has 2 aromatic carbocycles. The van der Waals surface area contributed by atoms with Gasteiger partial charge in [-0.05, 0) is 49.6 Å². The van der Waals surface area contributed by atoms with Gasteiger partial charge in [-0.25, -0.2) is 8.42 Å². The molecule has 2 heterocycles. The molecule has 1 fully saturated rings. The maximum absolute atomic E-state index is 13.2. The highest BCUT2D eigenvalue weighted by atomic mass is 32.2. The number of hydrogen-bond donors (Lipinski definition) is 1. The molecule has 30 heavy (non-hydrogen) atoms. The van der Waals surface area contributed by atoms with Gasteiger partial charge < -0.3 is 14.8 Å². The highest BCUT2D eigenvalue weighted by molar-refractivity contribution is 7.89. The Morgan fingerprint density at radius 3 is 2.47 bits per heavy atom. The lowest BCUT2D eigenvalue weighted by molar-refractivity contribution is -0.125. The van der Waals surface area contributed by atoms with Gasteiger partial charge in [0.15, 0.2) is 11.5 Å². The molecule has 8 heteroatoms. The first-order valence-electron chi connectivity index (χ1n) is 10.3. The predicted octanol–water partition coefficient (Wildman–Crippen LogP) is 3.34. The number of amides is 1. The van der Waals surface area contributed by atoms with Crippen molar-refractivity contribution in [2.75, 3.05) is 25.0 Å². The molecule has 0 radical (unpaired) electrons. The van der Waals surface area contributed by atoms with Crippen LogP contribution in [0, 0.1) is 6.92 Å². The maximum atomic E-state index is 13.2. The summed E-state index contributed by atoms with van der Waals surface area (Å²) in [6, 6.07) is 12.1. The molecule has 4 rings (SSSR count). The molecule has 2 aliphatic rings. The van der Waals surface area contributed by atoms with E-state index in [2.05, 4.69) is 5.32 Å². The number of hydrogen-bond acceptors (Lipinski definition) is 5. The number of benzene rings is 2. The molecule has 0 spiro atoms. The molecular weight excluding hydrogens is 404 g/mol. The van der Waals surface area contributed by atoms with Crippen molar-refractivity contribution >= 4 is 21.6 Å². The van der Waals surface area contributed by atoms with Crippen LogP contribution in [0.25, 0.3) is 0 Å². The molecular formula is C22H26N2O5S. The third-order valence-electron chi connectivity index (χ3n) is 5.44. The Balaban J connectivity index is 1.51. The lowest BCUT2D eigenvalue weighted by atomic mass is 10.2. The average molecular weight is 431 g/mol. The van der Waals surface area contributed by atoms with Crippen molar-refractivity contribution in [1.82, 2.24) is 4.31 Å². The van der Waals surface area contributed by atoms with Crippen molar-refractivity contribution in [3.63, 3.8) is 0 Å². The highest BCUT2D eigenvalue weighted by Crippen LogP contribution is 2.31. The second-order valence-electron chi connectivity index (χ2n) is 7.65. The van der Waals surface area contributed by atoms with E-state index in [0.717, 1.165) is 25.7 Å². The van der Waals surface area contributed by atoms with Gasteiger partial charge in [0, 0.05) is 18.8 Å². The van der Waals surface area contributed by atoms with Crippen molar-refractivity contribution in [2.24, 2.45) is 0 Å². The zero-order valence-corrected chi connectivity index (χ0v) is 17.8. The van der Waals surface area contributed by atoms with E-state index in [1.54, 1.807) is 35.5 Å². The third kappa shape index (κ3) is 4.29. The molecule has 0 unspecified atom stereocenters. The van der Waals surface area contributed by atoms with Gasteiger partial charge in [0.2, 0.25) is 16.1 Å². The Hall–Kier alpha value is -2.58. The van der Waals surface area contributed by atoms with Crippen LogP contribution in [0.3, 0.4) is 0 Å². The third-order valence-corrected chi connectivity index (χ3v) is 7.48. The minimum absolute atomic E-state index is 0.0909. The summed E-state index contributed by atoms with van der Waals surface area (Å²) in [5, 5.41) is 2.77. The fourth-order valence-corrected chi connectivity index (χ4v) is 5.52. The van der Waals surface area contributed by atoms with Crippen molar-refractivity contribution < 1.29 is 22.7 Å². The maximum Gasteiger partial charge on any atom is 0.269 e. The first-order chi connectivity index (χ1) is 14.4. The Morgan fingerprint density at radius 1 is 1.03 bits per heavy atom. The van der Waals surface area contributed by atoms with E-state index in [9.17, 15) is 13.2 Å². The van der Waals surface area contributed by atoms with Gasteiger partial charge in [0.1, 0.15) is 6.61 Å². The minimum atomic E-state index is -3.61. The Labute approximate surface area is 177 Å². The van der Waals surface area contributed by atoms with Crippen molar-refractivity contribution in [1.29, 1.82) is 0 Å². The fraction of sp³-hybridized carbons (Fsp3) is 0.409. The number of nitrogens with zero attached hydrogens (tertiary/aromatic N) is 1. The van der Waals surface area contributed by atoms with Crippen LogP contribution in [0.1, 0.15) is 31.2 Å². The number of sulfonamides is 1. The molecule has 160 valence electrons. The first kappa shape index (κ1) is 20.7. The summed E-state index contributed by atoms with van der Waals surface area (Å²) >= 11 is 0. The molecule has 1 N–H and O–H groups in total. The number of carbonyl (C=O) groups excluding carboxylic acids is 1. The molecule has 1 saturated heterocycles. The van der Waals surface area contributed by atoms with E-state index >= 15 is 0 Å². The van der Waals surface area contributed by atoms with E-state index < -0.39 is 16.1 Å². The van der Waals surface area contributed by atoms with Crippen LogP contribution < -0.4 is 14.8 Å². The van der Waals surface area contributed by atoms with Gasteiger partial charge in [-0.3, -0.25) is 4.79 Å². The molecule has 2 aromatic rings. The topological polar surface area (TPSA) is 84.9 Å². The number of fused-ring (bicyclic) bond motifs is 1. The number of para-hydroxylation sites is 2. The zero-order valence-electron chi connectivity index (χ0n) is 17.0. The largest absolute Gasteiger partial charge is 0.485 e. The van der Waals surface area contributed by atoms with Gasteiger partial charge in [0.05, 0.1) is 4.90 Å². The van der Waals surface area contributed by atoms with Crippen LogP contribution in [0.2, 0.25) is 0 Å². The van der Waals surface area contributed by atoms with Gasteiger partial charge in [0.25, 0.3) is 5.91 Å². The number of anilines is 1. The van der Waals surface area contributed by atoms with E-state index in [4.69, 9.17) is 9.47 Å². The van der Waals surface area contributed by atoms with Gasteiger partial charge in [-0.1, -0.05) is 31.0 Å². The van der Waals surface area contributed by atoms with E-state index in [1.807, 2.05) is 12.1 Å². The molecule has 0 saturated carbocycles. The first-order valence-corrected chi connectivity index (χ1v) is 11.7. The average Bonchev–Trinajstić information content (AvgIpc) is 3.05. The SMILES string of the molecule is Cc1ccc(NC(=O)[C@H]2COc3ccccc3O2)cc1S(=O)(=O)N1CCCCCC1. The molecule has 0 aromatic heterocycles. The molecule has 2 aliphatic heterocycles. The van der Waals surface area contributed by atoms with Crippen LogP contribution in [0.15, 0.2) is 47.4 Å². The van der Waals surface area contributed by atoms with Gasteiger partial charge in [-0.2, -0.15) is 4.31 Å². The van der Waals surface area contributed by atoms with Crippen molar-refractivity contribution in [2.45, 2.75) is 43.6 Å². The minimum Gasteiger partial charge on any atom is -0.485 e. The Bertz CT molecular complexity index is 1030. The standard InChI is InChI=1S/C22H26N2O5S/c1-16-10-11-17(14-21(16)30(26,27)24-12-6-2-3-7-13-24)23-22(25)20-15-28-18-8-4-5-9-19(18)29-20/h4-5,8-11,14,20H,2-3,6-7,12-13,15H2,1H3,(H,23,25)/t20-/m1/s1. The van der Waals surface area contributed by atoms with Crippen LogP contribution in [0.5, 0.6) is 11.5 Å². The predicted molar refractivity (Wildman–Crippen MR) is 113 cm³/mol. The molecule has 1 atom stereocenters. The number of rotatable bonds is 4. The summed E-state index contributed by atoms with van der Waals surface area (Å²) in [6.07, 6.45) is 3.03. The molecule has 1 amide bonds. The number of aryl methyl sites for hydroxylation is 1. The Morgan fingerprint density at radius 2 is 1.73 bits per heavy atom. The normalized spacial score (nSPS) is 19.7. The van der Waals surface area contributed by atoms with E-state index in [1.165, 1.54) is 6.07 Å². The molecule has 0 bridgehead atoms. The number of nitrogens with one attached hydrogen (secondary N) is 1. The summed E-state index contributed by atoms with van der Waals surface area (Å²) in [5.74, 6) is 0.728. The van der Waals surface area contributed by atoms with Crippen LogP contribution in [-0.2, 0) is 14.8 Å². The zero-order chi connectivity index (χ0) is 21.1. The molecule has 0 aliphatic carbocycles. The van der Waals surface area contributed by atoms with Crippen molar-refractivity contribution in [3.8, 4) is 11.5 Å². The van der Waals surface area contributed by atoms with Crippen LogP contribution in [0.4, 0.5) is 5.69 Å². The van der Waals surface area contributed by atoms with Crippen LogP contribution >= 0.6 is 0 Å². The summed E-state index contributed by atoms with van der Waals surface area (Å²) in [4.78, 5) is 12.9. The summed E-state index contributed by atoms with van der Waals surface area (Å²) in [6.45, 7) is 2.93. The quantitative estimate of drug-likeness (QED) is 0.804. The lowest BCUT2D eigenvalue weighted by Gasteiger charge is -2.26. The van der Waals surface area contributed by atoms with Crippen molar-refractivity contribution in [3.05, 3.63) is 48.0 Å². The van der Waals surface area contributed by atoms with E-state index in [0.29, 0.717) is 35.8 Å². The highest BCUT2D eigenvalue weighted by Gasteiger charge is 2.29. The molecule has 7 nitrogen and oxygen atoms in total. The Kier molecular flexibility index (Phi) is 5.97. The van der Waals surface area contributed by atoms with Crippen LogP contribution in [-0.4, -0.2) is 44.4 Å². The summed E-state index contributed by atoms with van der Waals surface area (Å²) in [5.41, 5.74) is 1.07. The number of carbonyl (C=O) groups is 1. The van der Waals surface area contributed by atoms with E-state index in [-0.39, 0.29) is 17.4 Å². The summed E-state index contributed by atoms with van der Waals surface area (Å²) in [7, 11) is -3.61. The lowest BCUT2D eigenvalue weighted by Crippen LogP contribution is -2.40. The fourth-order valence-electron chi connectivity index (χ4n) is 3.75. The second kappa shape index (κ2) is 8.65. The second-order valence-corrected chi connectivity index (χ2v) is 9.56. The summed E-state index contributed by atoms with van der Waals surface area (Å²) < 4.78 is 39.3. The van der Waals surface area contributed by atoms with Gasteiger partial charge >= 0.3 is 0 Å².